The number of ether oxygens (including phenoxy) is 1. The fourth-order valence-electron chi connectivity index (χ4n) is 2.93. The molecule has 31 heavy (non-hydrogen) atoms. The van der Waals surface area contributed by atoms with Crippen LogP contribution in [0.3, 0.4) is 0 Å². The molecule has 1 amide bonds. The average molecular weight is 457 g/mol. The van der Waals surface area contributed by atoms with E-state index < -0.39 is 5.91 Å². The Kier molecular flexibility index (Phi) is 6.25. The lowest BCUT2D eigenvalue weighted by atomic mass is 10.2. The monoisotopic (exact) mass is 456 g/mol. The van der Waals surface area contributed by atoms with Crippen molar-refractivity contribution in [3.8, 4) is 5.75 Å². The molecule has 0 aliphatic carbocycles. The van der Waals surface area contributed by atoms with Crippen LogP contribution in [0.5, 0.6) is 5.75 Å². The number of rotatable bonds is 7. The third-order valence-electron chi connectivity index (χ3n) is 4.58. The van der Waals surface area contributed by atoms with Crippen LogP contribution in [0.1, 0.15) is 27.4 Å². The molecule has 0 spiro atoms. The molecule has 0 unspecified atom stereocenters. The third-order valence-corrected chi connectivity index (χ3v) is 5.20. The Bertz CT molecular complexity index is 1200. The van der Waals surface area contributed by atoms with Gasteiger partial charge in [0.15, 0.2) is 5.69 Å². The first-order valence-electron chi connectivity index (χ1n) is 9.40. The normalized spacial score (nSPS) is 10.8. The standard InChI is InChI=1S/C22H18Cl2N4O3/c1-14-19(13-30-18-8-6-16(23)7-9-18)21(27-31-14)22(29)26-17-10-25-28(12-17)11-15-4-2-3-5-20(15)24/h2-10,12H,11,13H2,1H3,(H,26,29). The number of aromatic nitrogens is 3. The molecule has 0 fully saturated rings. The summed E-state index contributed by atoms with van der Waals surface area (Å²) in [5, 5.41) is 12.2. The molecule has 0 atom stereocenters. The molecule has 1 N–H and O–H groups in total. The highest BCUT2D eigenvalue weighted by Gasteiger charge is 2.21. The Hall–Kier alpha value is -3.29. The van der Waals surface area contributed by atoms with E-state index in [2.05, 4.69) is 15.6 Å². The molecule has 158 valence electrons. The van der Waals surface area contributed by atoms with Crippen molar-refractivity contribution in [1.82, 2.24) is 14.9 Å². The van der Waals surface area contributed by atoms with Gasteiger partial charge in [-0.05, 0) is 42.8 Å². The molecule has 0 aliphatic heterocycles. The van der Waals surface area contributed by atoms with Gasteiger partial charge in [0, 0.05) is 16.2 Å². The lowest BCUT2D eigenvalue weighted by Crippen LogP contribution is -2.15. The zero-order valence-corrected chi connectivity index (χ0v) is 18.0. The van der Waals surface area contributed by atoms with Crippen LogP contribution in [0, 0.1) is 6.92 Å². The quantitative estimate of drug-likeness (QED) is 0.404. The fraction of sp³-hybridized carbons (Fsp3) is 0.136. The van der Waals surface area contributed by atoms with E-state index >= 15 is 0 Å². The third kappa shape index (κ3) is 5.07. The summed E-state index contributed by atoms with van der Waals surface area (Å²) in [6, 6.07) is 14.5. The first kappa shape index (κ1) is 21.0. The number of carbonyl (C=O) groups excluding carboxylic acids is 1. The van der Waals surface area contributed by atoms with Crippen LogP contribution in [0.15, 0.2) is 65.4 Å². The number of halogens is 2. The van der Waals surface area contributed by atoms with Crippen LogP contribution >= 0.6 is 23.2 Å². The highest BCUT2D eigenvalue weighted by Crippen LogP contribution is 2.21. The predicted octanol–water partition coefficient (Wildman–Crippen LogP) is 5.37. The number of nitrogens with zero attached hydrogens (tertiary/aromatic N) is 3. The summed E-state index contributed by atoms with van der Waals surface area (Å²) in [6.07, 6.45) is 3.28. The van der Waals surface area contributed by atoms with Crippen LogP contribution in [-0.2, 0) is 13.2 Å². The van der Waals surface area contributed by atoms with Gasteiger partial charge in [-0.25, -0.2) is 0 Å². The highest BCUT2D eigenvalue weighted by atomic mass is 35.5. The van der Waals surface area contributed by atoms with E-state index in [1.165, 1.54) is 0 Å². The summed E-state index contributed by atoms with van der Waals surface area (Å²) in [6.45, 7) is 2.34. The van der Waals surface area contributed by atoms with Gasteiger partial charge in [-0.15, -0.1) is 0 Å². The molecule has 4 rings (SSSR count). The lowest BCUT2D eigenvalue weighted by Gasteiger charge is -2.07. The van der Waals surface area contributed by atoms with Gasteiger partial charge in [-0.1, -0.05) is 46.6 Å². The number of carbonyl (C=O) groups is 1. The maximum atomic E-state index is 12.8. The minimum Gasteiger partial charge on any atom is -0.489 e. The van der Waals surface area contributed by atoms with E-state index in [9.17, 15) is 4.79 Å². The van der Waals surface area contributed by atoms with E-state index in [0.29, 0.717) is 39.4 Å². The van der Waals surface area contributed by atoms with E-state index in [-0.39, 0.29) is 12.3 Å². The molecule has 0 radical (unpaired) electrons. The van der Waals surface area contributed by atoms with Gasteiger partial charge < -0.3 is 14.6 Å². The maximum Gasteiger partial charge on any atom is 0.278 e. The van der Waals surface area contributed by atoms with Crippen LogP contribution in [0.25, 0.3) is 0 Å². The largest absolute Gasteiger partial charge is 0.489 e. The van der Waals surface area contributed by atoms with Crippen molar-refractivity contribution in [2.24, 2.45) is 0 Å². The molecule has 0 saturated heterocycles. The number of anilines is 1. The van der Waals surface area contributed by atoms with Gasteiger partial charge >= 0.3 is 0 Å². The van der Waals surface area contributed by atoms with Crippen LogP contribution in [-0.4, -0.2) is 20.8 Å². The second-order valence-corrected chi connectivity index (χ2v) is 7.62. The maximum absolute atomic E-state index is 12.8. The van der Waals surface area contributed by atoms with Crippen LogP contribution < -0.4 is 10.1 Å². The smallest absolute Gasteiger partial charge is 0.278 e. The molecule has 2 aromatic heterocycles. The molecular formula is C22H18Cl2N4O3. The van der Waals surface area contributed by atoms with Gasteiger partial charge in [0.1, 0.15) is 18.1 Å². The van der Waals surface area contributed by atoms with Crippen molar-refractivity contribution in [2.75, 3.05) is 5.32 Å². The first-order valence-corrected chi connectivity index (χ1v) is 10.2. The number of benzene rings is 2. The van der Waals surface area contributed by atoms with E-state index in [1.54, 1.807) is 48.3 Å². The second-order valence-electron chi connectivity index (χ2n) is 6.78. The van der Waals surface area contributed by atoms with Gasteiger partial charge in [0.25, 0.3) is 5.91 Å². The molecule has 0 bridgehead atoms. The Morgan fingerprint density at radius 3 is 2.71 bits per heavy atom. The van der Waals surface area contributed by atoms with E-state index in [1.807, 2.05) is 24.3 Å². The van der Waals surface area contributed by atoms with Crippen molar-refractivity contribution in [3.63, 3.8) is 0 Å². The lowest BCUT2D eigenvalue weighted by molar-refractivity contribution is 0.101. The number of hydrogen-bond acceptors (Lipinski definition) is 5. The minimum absolute atomic E-state index is 0.130. The summed E-state index contributed by atoms with van der Waals surface area (Å²) in [4.78, 5) is 12.8. The summed E-state index contributed by atoms with van der Waals surface area (Å²) in [5.41, 5.74) is 2.18. The molecule has 7 nitrogen and oxygen atoms in total. The Labute approximate surface area is 188 Å². The zero-order valence-electron chi connectivity index (χ0n) is 16.5. The predicted molar refractivity (Wildman–Crippen MR) is 118 cm³/mol. The average Bonchev–Trinajstić information content (AvgIpc) is 3.35. The molecule has 9 heteroatoms. The molecule has 4 aromatic rings. The van der Waals surface area contributed by atoms with Gasteiger partial charge in [0.05, 0.1) is 24.0 Å². The second kappa shape index (κ2) is 9.24. The summed E-state index contributed by atoms with van der Waals surface area (Å²) in [7, 11) is 0. The van der Waals surface area contributed by atoms with Crippen molar-refractivity contribution >= 4 is 34.8 Å². The zero-order chi connectivity index (χ0) is 21.8. The summed E-state index contributed by atoms with van der Waals surface area (Å²) >= 11 is 12.1. The molecule has 2 heterocycles. The van der Waals surface area contributed by atoms with Crippen molar-refractivity contribution in [2.45, 2.75) is 20.1 Å². The van der Waals surface area contributed by atoms with Gasteiger partial charge in [-0.3, -0.25) is 9.48 Å². The van der Waals surface area contributed by atoms with Gasteiger partial charge in [-0.2, -0.15) is 5.10 Å². The van der Waals surface area contributed by atoms with Crippen LogP contribution in [0.4, 0.5) is 5.69 Å². The molecular weight excluding hydrogens is 439 g/mol. The summed E-state index contributed by atoms with van der Waals surface area (Å²) in [5.74, 6) is 0.717. The van der Waals surface area contributed by atoms with Crippen LogP contribution in [0.2, 0.25) is 10.0 Å². The number of aryl methyl sites for hydroxylation is 1. The summed E-state index contributed by atoms with van der Waals surface area (Å²) < 4.78 is 12.6. The van der Waals surface area contributed by atoms with E-state index in [4.69, 9.17) is 32.5 Å². The first-order chi connectivity index (χ1) is 15.0. The van der Waals surface area contributed by atoms with Crippen molar-refractivity contribution in [3.05, 3.63) is 93.6 Å². The highest BCUT2D eigenvalue weighted by molar-refractivity contribution is 6.31. The number of amides is 1. The molecule has 0 aliphatic rings. The SMILES string of the molecule is Cc1onc(C(=O)Nc2cnn(Cc3ccccc3Cl)c2)c1COc1ccc(Cl)cc1. The van der Waals surface area contributed by atoms with E-state index in [0.717, 1.165) is 5.56 Å². The molecule has 0 saturated carbocycles. The van der Waals surface area contributed by atoms with Crippen molar-refractivity contribution in [1.29, 1.82) is 0 Å². The number of nitrogens with one attached hydrogen (secondary N) is 1. The topological polar surface area (TPSA) is 82.2 Å². The fourth-order valence-corrected chi connectivity index (χ4v) is 3.25. The Morgan fingerprint density at radius 2 is 1.94 bits per heavy atom. The Morgan fingerprint density at radius 1 is 1.16 bits per heavy atom. The van der Waals surface area contributed by atoms with Gasteiger partial charge in [0.2, 0.25) is 0 Å². The molecule has 2 aromatic carbocycles. The minimum atomic E-state index is -0.413. The van der Waals surface area contributed by atoms with Crippen molar-refractivity contribution < 1.29 is 14.1 Å². The Balaban J connectivity index is 1.43. The number of hydrogen-bond donors (Lipinski definition) is 1.